The van der Waals surface area contributed by atoms with Crippen LogP contribution < -0.4 is 9.80 Å². The molecular formula is C18H23F3N6. The molecule has 6 nitrogen and oxygen atoms in total. The second-order valence-corrected chi connectivity index (χ2v) is 7.20. The third-order valence-electron chi connectivity index (χ3n) is 5.31. The lowest BCUT2D eigenvalue weighted by atomic mass is 10.1. The second kappa shape index (κ2) is 7.36. The van der Waals surface area contributed by atoms with Crippen LogP contribution in [0.5, 0.6) is 0 Å². The number of rotatable bonds is 3. The van der Waals surface area contributed by atoms with E-state index in [1.54, 1.807) is 6.33 Å². The zero-order valence-electron chi connectivity index (χ0n) is 15.1. The van der Waals surface area contributed by atoms with Gasteiger partial charge in [0.15, 0.2) is 5.69 Å². The number of anilines is 2. The van der Waals surface area contributed by atoms with Gasteiger partial charge in [0, 0.05) is 38.4 Å². The standard InChI is InChI=1S/C18H23F3N6/c19-18(20,21)15-6-10-27(24-15)14-5-4-9-26(12-14)17-11-16(22-13-23-17)25-7-2-1-3-8-25/h6,10-11,13-14H,1-5,7-9,12H2. The van der Waals surface area contributed by atoms with Crippen molar-refractivity contribution < 1.29 is 13.2 Å². The Balaban J connectivity index is 1.49. The van der Waals surface area contributed by atoms with Crippen molar-refractivity contribution in [3.63, 3.8) is 0 Å². The highest BCUT2D eigenvalue weighted by Crippen LogP contribution is 2.30. The highest BCUT2D eigenvalue weighted by molar-refractivity contribution is 5.50. The smallest absolute Gasteiger partial charge is 0.356 e. The van der Waals surface area contributed by atoms with Crippen molar-refractivity contribution in [2.45, 2.75) is 44.3 Å². The van der Waals surface area contributed by atoms with Crippen molar-refractivity contribution in [3.8, 4) is 0 Å². The van der Waals surface area contributed by atoms with Crippen LogP contribution in [0.2, 0.25) is 0 Å². The van der Waals surface area contributed by atoms with E-state index in [9.17, 15) is 13.2 Å². The van der Waals surface area contributed by atoms with E-state index in [0.717, 1.165) is 50.2 Å². The summed E-state index contributed by atoms with van der Waals surface area (Å²) in [5.74, 6) is 1.76. The highest BCUT2D eigenvalue weighted by Gasteiger charge is 2.34. The Kier molecular flexibility index (Phi) is 4.92. The lowest BCUT2D eigenvalue weighted by Gasteiger charge is -2.34. The lowest BCUT2D eigenvalue weighted by molar-refractivity contribution is -0.141. The Morgan fingerprint density at radius 3 is 2.33 bits per heavy atom. The van der Waals surface area contributed by atoms with Gasteiger partial charge in [-0.15, -0.1) is 0 Å². The van der Waals surface area contributed by atoms with E-state index >= 15 is 0 Å². The van der Waals surface area contributed by atoms with Crippen LogP contribution in [0, 0.1) is 0 Å². The summed E-state index contributed by atoms with van der Waals surface area (Å²) >= 11 is 0. The Bertz CT molecular complexity index is 768. The van der Waals surface area contributed by atoms with Crippen molar-refractivity contribution in [2.24, 2.45) is 0 Å². The predicted molar refractivity (Wildman–Crippen MR) is 95.8 cm³/mol. The summed E-state index contributed by atoms with van der Waals surface area (Å²) in [6, 6.07) is 2.94. The molecule has 2 aliphatic rings. The van der Waals surface area contributed by atoms with Gasteiger partial charge >= 0.3 is 6.18 Å². The zero-order valence-corrected chi connectivity index (χ0v) is 15.1. The minimum Gasteiger partial charge on any atom is -0.356 e. The fourth-order valence-electron chi connectivity index (χ4n) is 3.88. The van der Waals surface area contributed by atoms with E-state index in [1.807, 2.05) is 6.07 Å². The Morgan fingerprint density at radius 2 is 1.63 bits per heavy atom. The Morgan fingerprint density at radius 1 is 0.926 bits per heavy atom. The monoisotopic (exact) mass is 380 g/mol. The number of piperidine rings is 2. The van der Waals surface area contributed by atoms with Crippen LogP contribution in [0.25, 0.3) is 0 Å². The fourth-order valence-corrected chi connectivity index (χ4v) is 3.88. The highest BCUT2D eigenvalue weighted by atomic mass is 19.4. The average Bonchev–Trinajstić information content (AvgIpc) is 3.20. The van der Waals surface area contributed by atoms with Gasteiger partial charge in [0.2, 0.25) is 0 Å². The molecule has 0 aromatic carbocycles. The summed E-state index contributed by atoms with van der Waals surface area (Å²) in [6.07, 6.45) is 3.89. The number of nitrogens with zero attached hydrogens (tertiary/aromatic N) is 6. The number of hydrogen-bond donors (Lipinski definition) is 0. The van der Waals surface area contributed by atoms with Gasteiger partial charge in [0.25, 0.3) is 0 Å². The van der Waals surface area contributed by atoms with Crippen molar-refractivity contribution in [3.05, 3.63) is 30.4 Å². The SMILES string of the molecule is FC(F)(F)c1ccn(C2CCCN(c3cc(N4CCCCC4)ncn3)C2)n1. The van der Waals surface area contributed by atoms with E-state index < -0.39 is 11.9 Å². The first-order valence-corrected chi connectivity index (χ1v) is 9.45. The quantitative estimate of drug-likeness (QED) is 0.816. The van der Waals surface area contributed by atoms with Crippen LogP contribution in [0.1, 0.15) is 43.8 Å². The van der Waals surface area contributed by atoms with Crippen LogP contribution in [0.3, 0.4) is 0 Å². The molecule has 0 aliphatic carbocycles. The summed E-state index contributed by atoms with van der Waals surface area (Å²) in [6.45, 7) is 3.44. The molecule has 0 radical (unpaired) electrons. The van der Waals surface area contributed by atoms with Crippen molar-refractivity contribution >= 4 is 11.6 Å². The van der Waals surface area contributed by atoms with Gasteiger partial charge in [0.1, 0.15) is 18.0 Å². The molecule has 2 aromatic rings. The molecule has 0 amide bonds. The van der Waals surface area contributed by atoms with Gasteiger partial charge in [-0.1, -0.05) is 0 Å². The predicted octanol–water partition coefficient (Wildman–Crippen LogP) is 3.52. The van der Waals surface area contributed by atoms with Crippen molar-refractivity contribution in [1.29, 1.82) is 0 Å². The van der Waals surface area contributed by atoms with Crippen molar-refractivity contribution in [1.82, 2.24) is 19.7 Å². The molecule has 1 atom stereocenters. The van der Waals surface area contributed by atoms with Crippen LogP contribution in [-0.4, -0.2) is 45.9 Å². The molecule has 4 heterocycles. The molecule has 27 heavy (non-hydrogen) atoms. The van der Waals surface area contributed by atoms with E-state index in [1.165, 1.54) is 30.1 Å². The van der Waals surface area contributed by atoms with Gasteiger partial charge in [-0.05, 0) is 38.2 Å². The third kappa shape index (κ3) is 4.01. The normalized spacial score (nSPS) is 21.5. The van der Waals surface area contributed by atoms with Gasteiger partial charge in [-0.25, -0.2) is 9.97 Å². The number of halogens is 3. The first kappa shape index (κ1) is 18.1. The Labute approximate surface area is 156 Å². The van der Waals surface area contributed by atoms with Gasteiger partial charge < -0.3 is 9.80 Å². The minimum absolute atomic E-state index is 0.0942. The van der Waals surface area contributed by atoms with Crippen LogP contribution >= 0.6 is 0 Å². The maximum atomic E-state index is 12.8. The van der Waals surface area contributed by atoms with Crippen LogP contribution in [0.4, 0.5) is 24.8 Å². The lowest BCUT2D eigenvalue weighted by Crippen LogP contribution is -2.38. The molecule has 0 saturated carbocycles. The summed E-state index contributed by atoms with van der Waals surface area (Å²) in [7, 11) is 0. The number of hydrogen-bond acceptors (Lipinski definition) is 5. The van der Waals surface area contributed by atoms with Crippen LogP contribution in [-0.2, 0) is 6.18 Å². The number of aromatic nitrogens is 4. The summed E-state index contributed by atoms with van der Waals surface area (Å²) < 4.78 is 39.9. The molecular weight excluding hydrogens is 357 g/mol. The molecule has 146 valence electrons. The van der Waals surface area contributed by atoms with E-state index in [0.29, 0.717) is 6.54 Å². The molecule has 2 saturated heterocycles. The topological polar surface area (TPSA) is 50.1 Å². The van der Waals surface area contributed by atoms with Gasteiger partial charge in [-0.3, -0.25) is 4.68 Å². The summed E-state index contributed by atoms with van der Waals surface area (Å²) in [5.41, 5.74) is -0.839. The molecule has 1 unspecified atom stereocenters. The Hall–Kier alpha value is -2.32. The largest absolute Gasteiger partial charge is 0.435 e. The van der Waals surface area contributed by atoms with Crippen molar-refractivity contribution in [2.75, 3.05) is 36.0 Å². The molecule has 9 heteroatoms. The number of alkyl halides is 3. The molecule has 2 fully saturated rings. The molecule has 2 aliphatic heterocycles. The minimum atomic E-state index is -4.41. The maximum Gasteiger partial charge on any atom is 0.435 e. The van der Waals surface area contributed by atoms with E-state index in [4.69, 9.17) is 0 Å². The maximum absolute atomic E-state index is 12.8. The van der Waals surface area contributed by atoms with E-state index in [2.05, 4.69) is 24.9 Å². The van der Waals surface area contributed by atoms with Gasteiger partial charge in [-0.2, -0.15) is 18.3 Å². The third-order valence-corrected chi connectivity index (χ3v) is 5.31. The van der Waals surface area contributed by atoms with Gasteiger partial charge in [0.05, 0.1) is 6.04 Å². The fraction of sp³-hybridized carbons (Fsp3) is 0.611. The first-order valence-electron chi connectivity index (χ1n) is 9.45. The summed E-state index contributed by atoms with van der Waals surface area (Å²) in [5, 5.41) is 3.75. The summed E-state index contributed by atoms with van der Waals surface area (Å²) in [4.78, 5) is 13.2. The first-order chi connectivity index (χ1) is 13.0. The zero-order chi connectivity index (χ0) is 18.9. The molecule has 2 aromatic heterocycles. The van der Waals surface area contributed by atoms with E-state index in [-0.39, 0.29) is 6.04 Å². The van der Waals surface area contributed by atoms with Crippen LogP contribution in [0.15, 0.2) is 24.7 Å². The molecule has 0 N–H and O–H groups in total. The molecule has 0 bridgehead atoms. The molecule has 4 rings (SSSR count). The second-order valence-electron chi connectivity index (χ2n) is 7.20. The molecule has 0 spiro atoms. The average molecular weight is 380 g/mol.